The van der Waals surface area contributed by atoms with E-state index in [1.807, 2.05) is 55.5 Å². The summed E-state index contributed by atoms with van der Waals surface area (Å²) < 4.78 is 0. The Kier molecular flexibility index (Phi) is 3.82. The summed E-state index contributed by atoms with van der Waals surface area (Å²) in [6, 6.07) is 15.7. The highest BCUT2D eigenvalue weighted by atomic mass is 35.5. The van der Waals surface area contributed by atoms with Crippen LogP contribution in [0.3, 0.4) is 0 Å². The standard InChI is InChI=1S/C15H15ClO/c1-11-6-5-9-13(15(11)16)14(17)10-12-7-3-2-4-8-12/h2-9,14,17H,10H2,1H3. The van der Waals surface area contributed by atoms with Gasteiger partial charge >= 0.3 is 0 Å². The summed E-state index contributed by atoms with van der Waals surface area (Å²) in [6.07, 6.45) is 0.0362. The molecule has 0 aromatic heterocycles. The molecule has 2 rings (SSSR count). The smallest absolute Gasteiger partial charge is 0.0844 e. The molecule has 0 aliphatic heterocycles. The molecule has 17 heavy (non-hydrogen) atoms. The molecule has 1 atom stereocenters. The normalized spacial score (nSPS) is 12.4. The van der Waals surface area contributed by atoms with Crippen molar-refractivity contribution in [3.8, 4) is 0 Å². The largest absolute Gasteiger partial charge is 0.388 e. The number of rotatable bonds is 3. The third kappa shape index (κ3) is 2.87. The van der Waals surface area contributed by atoms with Crippen molar-refractivity contribution in [2.75, 3.05) is 0 Å². The van der Waals surface area contributed by atoms with E-state index < -0.39 is 6.10 Å². The minimum Gasteiger partial charge on any atom is -0.388 e. The molecule has 1 N–H and O–H groups in total. The highest BCUT2D eigenvalue weighted by Crippen LogP contribution is 2.28. The minimum absolute atomic E-state index is 0.551. The zero-order valence-corrected chi connectivity index (χ0v) is 10.5. The zero-order valence-electron chi connectivity index (χ0n) is 9.73. The lowest BCUT2D eigenvalue weighted by atomic mass is 10.00. The van der Waals surface area contributed by atoms with E-state index in [1.54, 1.807) is 0 Å². The SMILES string of the molecule is Cc1cccc(C(O)Cc2ccccc2)c1Cl. The van der Waals surface area contributed by atoms with E-state index in [0.717, 1.165) is 16.7 Å². The van der Waals surface area contributed by atoms with Crippen LogP contribution in [-0.2, 0) is 6.42 Å². The lowest BCUT2D eigenvalue weighted by molar-refractivity contribution is 0.178. The Morgan fingerprint density at radius 1 is 1.06 bits per heavy atom. The van der Waals surface area contributed by atoms with Crippen LogP contribution in [0.4, 0.5) is 0 Å². The molecule has 0 spiro atoms. The topological polar surface area (TPSA) is 20.2 Å². The molecule has 0 fully saturated rings. The summed E-state index contributed by atoms with van der Waals surface area (Å²) in [4.78, 5) is 0. The van der Waals surface area contributed by atoms with Crippen LogP contribution in [0.5, 0.6) is 0 Å². The quantitative estimate of drug-likeness (QED) is 0.870. The van der Waals surface area contributed by atoms with E-state index in [1.165, 1.54) is 0 Å². The van der Waals surface area contributed by atoms with E-state index in [4.69, 9.17) is 11.6 Å². The first-order chi connectivity index (χ1) is 8.18. The molecule has 2 heteroatoms. The van der Waals surface area contributed by atoms with Gasteiger partial charge in [-0.2, -0.15) is 0 Å². The van der Waals surface area contributed by atoms with Gasteiger partial charge in [0, 0.05) is 11.4 Å². The average molecular weight is 247 g/mol. The van der Waals surface area contributed by atoms with Gasteiger partial charge in [-0.05, 0) is 23.6 Å². The lowest BCUT2D eigenvalue weighted by Crippen LogP contribution is -2.03. The summed E-state index contributed by atoms with van der Waals surface area (Å²) >= 11 is 6.19. The summed E-state index contributed by atoms with van der Waals surface area (Å²) in [5.74, 6) is 0. The van der Waals surface area contributed by atoms with Gasteiger partial charge in [0.2, 0.25) is 0 Å². The van der Waals surface area contributed by atoms with Crippen molar-refractivity contribution in [1.29, 1.82) is 0 Å². The monoisotopic (exact) mass is 246 g/mol. The number of hydrogen-bond acceptors (Lipinski definition) is 1. The fourth-order valence-electron chi connectivity index (χ4n) is 1.87. The second kappa shape index (κ2) is 5.35. The predicted molar refractivity (Wildman–Crippen MR) is 71.3 cm³/mol. The first kappa shape index (κ1) is 12.2. The maximum absolute atomic E-state index is 10.2. The summed E-state index contributed by atoms with van der Waals surface area (Å²) in [6.45, 7) is 1.95. The Morgan fingerprint density at radius 2 is 1.76 bits per heavy atom. The predicted octanol–water partition coefficient (Wildman–Crippen LogP) is 3.92. The van der Waals surface area contributed by atoms with Gasteiger partial charge in [0.1, 0.15) is 0 Å². The molecule has 0 amide bonds. The van der Waals surface area contributed by atoms with Crippen LogP contribution in [0, 0.1) is 6.92 Å². The maximum Gasteiger partial charge on any atom is 0.0844 e. The molecule has 2 aromatic carbocycles. The number of hydrogen-bond donors (Lipinski definition) is 1. The van der Waals surface area contributed by atoms with E-state index in [2.05, 4.69) is 0 Å². The first-order valence-corrected chi connectivity index (χ1v) is 6.03. The number of aliphatic hydroxyl groups excluding tert-OH is 1. The molecule has 0 heterocycles. The number of benzene rings is 2. The molecule has 0 saturated carbocycles. The van der Waals surface area contributed by atoms with E-state index in [-0.39, 0.29) is 0 Å². The van der Waals surface area contributed by atoms with Gasteiger partial charge in [-0.25, -0.2) is 0 Å². The Labute approximate surface area is 107 Å². The fraction of sp³-hybridized carbons (Fsp3) is 0.200. The Morgan fingerprint density at radius 3 is 2.47 bits per heavy atom. The van der Waals surface area contributed by atoms with Crippen LogP contribution in [0.25, 0.3) is 0 Å². The van der Waals surface area contributed by atoms with Gasteiger partial charge in [-0.1, -0.05) is 60.1 Å². The van der Waals surface area contributed by atoms with Gasteiger partial charge in [0.05, 0.1) is 6.10 Å². The molecule has 0 saturated heterocycles. The van der Waals surface area contributed by atoms with Crippen molar-refractivity contribution in [3.63, 3.8) is 0 Å². The van der Waals surface area contributed by atoms with E-state index in [9.17, 15) is 5.11 Å². The third-order valence-electron chi connectivity index (χ3n) is 2.85. The highest BCUT2D eigenvalue weighted by molar-refractivity contribution is 6.32. The minimum atomic E-state index is -0.551. The number of aliphatic hydroxyl groups is 1. The average Bonchev–Trinajstić information content (AvgIpc) is 2.34. The van der Waals surface area contributed by atoms with Crippen molar-refractivity contribution < 1.29 is 5.11 Å². The van der Waals surface area contributed by atoms with Gasteiger partial charge < -0.3 is 5.11 Å². The molecule has 88 valence electrons. The van der Waals surface area contributed by atoms with Crippen LogP contribution in [-0.4, -0.2) is 5.11 Å². The zero-order chi connectivity index (χ0) is 12.3. The third-order valence-corrected chi connectivity index (χ3v) is 3.37. The highest BCUT2D eigenvalue weighted by Gasteiger charge is 2.13. The molecule has 0 aliphatic carbocycles. The van der Waals surface area contributed by atoms with E-state index >= 15 is 0 Å². The van der Waals surface area contributed by atoms with Crippen LogP contribution >= 0.6 is 11.6 Å². The molecule has 1 nitrogen and oxygen atoms in total. The molecule has 2 aromatic rings. The molecule has 0 bridgehead atoms. The van der Waals surface area contributed by atoms with Gasteiger partial charge in [0.15, 0.2) is 0 Å². The van der Waals surface area contributed by atoms with E-state index in [0.29, 0.717) is 11.4 Å². The van der Waals surface area contributed by atoms with Gasteiger partial charge in [-0.15, -0.1) is 0 Å². The number of halogens is 1. The van der Waals surface area contributed by atoms with Crippen molar-refractivity contribution in [3.05, 3.63) is 70.2 Å². The summed E-state index contributed by atoms with van der Waals surface area (Å²) in [7, 11) is 0. The second-order valence-corrected chi connectivity index (χ2v) is 4.56. The molecule has 0 radical (unpaired) electrons. The molecular weight excluding hydrogens is 232 g/mol. The van der Waals surface area contributed by atoms with Gasteiger partial charge in [0.25, 0.3) is 0 Å². The summed E-state index contributed by atoms with van der Waals surface area (Å²) in [5, 5.41) is 10.9. The Balaban J connectivity index is 2.20. The summed E-state index contributed by atoms with van der Waals surface area (Å²) in [5.41, 5.74) is 2.91. The molecular formula is C15H15ClO. The maximum atomic E-state index is 10.2. The number of aryl methyl sites for hydroxylation is 1. The van der Waals surface area contributed by atoms with Gasteiger partial charge in [-0.3, -0.25) is 0 Å². The van der Waals surface area contributed by atoms with Crippen LogP contribution in [0.2, 0.25) is 5.02 Å². The fourth-order valence-corrected chi connectivity index (χ4v) is 2.13. The molecule has 1 unspecified atom stereocenters. The lowest BCUT2D eigenvalue weighted by Gasteiger charge is -2.14. The van der Waals surface area contributed by atoms with Crippen LogP contribution in [0.15, 0.2) is 48.5 Å². The molecule has 0 aliphatic rings. The van der Waals surface area contributed by atoms with Crippen molar-refractivity contribution >= 4 is 11.6 Å². The first-order valence-electron chi connectivity index (χ1n) is 5.65. The van der Waals surface area contributed by atoms with Crippen LogP contribution < -0.4 is 0 Å². The van der Waals surface area contributed by atoms with Crippen molar-refractivity contribution in [2.45, 2.75) is 19.4 Å². The van der Waals surface area contributed by atoms with Crippen molar-refractivity contribution in [1.82, 2.24) is 0 Å². The van der Waals surface area contributed by atoms with Crippen LogP contribution in [0.1, 0.15) is 22.8 Å². The second-order valence-electron chi connectivity index (χ2n) is 4.18. The van der Waals surface area contributed by atoms with Crippen molar-refractivity contribution in [2.24, 2.45) is 0 Å². The Hall–Kier alpha value is -1.31. The Bertz CT molecular complexity index is 494.